The first-order valence-corrected chi connectivity index (χ1v) is 11.0. The first-order valence-electron chi connectivity index (χ1n) is 9.52. The average Bonchev–Trinajstić information content (AvgIpc) is 3.17. The molecule has 0 aliphatic rings. The lowest BCUT2D eigenvalue weighted by atomic mass is 10.2. The minimum Gasteiger partial charge on any atom is -0.457 e. The Morgan fingerprint density at radius 2 is 1.39 bits per heavy atom. The fraction of sp³-hybridized carbons (Fsp3) is 0.0870. The lowest BCUT2D eigenvalue weighted by Gasteiger charge is -2.12. The van der Waals surface area contributed by atoms with Gasteiger partial charge in [-0.2, -0.15) is 3.97 Å². The Bertz CT molecular complexity index is 1340. The minimum absolute atomic E-state index is 0.00397. The molecule has 0 amide bonds. The van der Waals surface area contributed by atoms with Crippen LogP contribution in [0.2, 0.25) is 0 Å². The minimum atomic E-state index is -4.05. The van der Waals surface area contributed by atoms with Crippen molar-refractivity contribution in [2.24, 2.45) is 0 Å². The van der Waals surface area contributed by atoms with Gasteiger partial charge < -0.3 is 9.64 Å². The molecular weight excluding hydrogens is 414 g/mol. The molecule has 158 valence electrons. The molecule has 7 nitrogen and oxygen atoms in total. The number of ether oxygens (including phenoxy) is 1. The van der Waals surface area contributed by atoms with E-state index in [1.165, 1.54) is 29.1 Å². The first kappa shape index (κ1) is 20.5. The molecule has 0 atom stereocenters. The van der Waals surface area contributed by atoms with Crippen LogP contribution in [0.4, 0.5) is 5.69 Å². The van der Waals surface area contributed by atoms with Gasteiger partial charge in [0.05, 0.1) is 10.6 Å². The fourth-order valence-corrected chi connectivity index (χ4v) is 4.28. The summed E-state index contributed by atoms with van der Waals surface area (Å²) in [6.07, 6.45) is 2.70. The van der Waals surface area contributed by atoms with Gasteiger partial charge in [0.2, 0.25) is 0 Å². The van der Waals surface area contributed by atoms with Crippen LogP contribution >= 0.6 is 0 Å². The van der Waals surface area contributed by atoms with Crippen LogP contribution in [0.3, 0.4) is 0 Å². The van der Waals surface area contributed by atoms with Crippen molar-refractivity contribution in [3.8, 4) is 17.2 Å². The molecule has 0 aliphatic carbocycles. The van der Waals surface area contributed by atoms with Crippen molar-refractivity contribution in [2.45, 2.75) is 4.90 Å². The maximum absolute atomic E-state index is 13.0. The third kappa shape index (κ3) is 4.10. The van der Waals surface area contributed by atoms with Crippen LogP contribution in [-0.4, -0.2) is 31.1 Å². The third-order valence-electron chi connectivity index (χ3n) is 4.75. The summed E-state index contributed by atoms with van der Waals surface area (Å²) in [5.41, 5.74) is 0.889. The van der Waals surface area contributed by atoms with Crippen molar-refractivity contribution >= 4 is 15.7 Å². The number of imidazole rings is 1. The summed E-state index contributed by atoms with van der Waals surface area (Å²) in [4.78, 5) is 14.8. The SMILES string of the molecule is CN(C)c1ccc(-n2ccn(S(=O)(=O)c3ccc(Oc4ccccc4)cc3)c2=O)cc1. The number of hydrogen-bond acceptors (Lipinski definition) is 5. The molecule has 0 bridgehead atoms. The maximum atomic E-state index is 13.0. The highest BCUT2D eigenvalue weighted by atomic mass is 32.2. The molecule has 0 aliphatic heterocycles. The second kappa shape index (κ2) is 8.16. The van der Waals surface area contributed by atoms with Crippen LogP contribution in [0.15, 0.2) is 101 Å². The summed E-state index contributed by atoms with van der Waals surface area (Å²) >= 11 is 0. The first-order chi connectivity index (χ1) is 14.9. The van der Waals surface area contributed by atoms with Gasteiger partial charge in [0.15, 0.2) is 0 Å². The van der Waals surface area contributed by atoms with E-state index in [-0.39, 0.29) is 4.90 Å². The van der Waals surface area contributed by atoms with Gasteiger partial charge >= 0.3 is 5.69 Å². The van der Waals surface area contributed by atoms with Crippen LogP contribution in [-0.2, 0) is 10.0 Å². The van der Waals surface area contributed by atoms with E-state index in [0.717, 1.165) is 9.66 Å². The lowest BCUT2D eigenvalue weighted by molar-refractivity contribution is 0.482. The summed E-state index contributed by atoms with van der Waals surface area (Å²) in [6.45, 7) is 0. The van der Waals surface area contributed by atoms with Gasteiger partial charge in [0, 0.05) is 32.2 Å². The largest absolute Gasteiger partial charge is 0.457 e. The Morgan fingerprint density at radius 1 is 0.774 bits per heavy atom. The van der Waals surface area contributed by atoms with E-state index < -0.39 is 15.7 Å². The maximum Gasteiger partial charge on any atom is 0.346 e. The zero-order valence-corrected chi connectivity index (χ0v) is 17.9. The second-order valence-corrected chi connectivity index (χ2v) is 8.86. The number of benzene rings is 3. The Balaban J connectivity index is 1.61. The van der Waals surface area contributed by atoms with E-state index in [1.807, 2.05) is 49.3 Å². The highest BCUT2D eigenvalue weighted by Crippen LogP contribution is 2.23. The Kier molecular flexibility index (Phi) is 5.39. The van der Waals surface area contributed by atoms with Crippen LogP contribution in [0, 0.1) is 0 Å². The molecule has 4 rings (SSSR count). The molecule has 0 spiro atoms. The molecule has 0 radical (unpaired) electrons. The van der Waals surface area contributed by atoms with E-state index in [1.54, 1.807) is 36.4 Å². The number of anilines is 1. The predicted octanol–water partition coefficient (Wildman–Crippen LogP) is 3.73. The Labute approximate surface area is 180 Å². The van der Waals surface area contributed by atoms with Gasteiger partial charge in [-0.15, -0.1) is 0 Å². The highest BCUT2D eigenvalue weighted by molar-refractivity contribution is 7.90. The van der Waals surface area contributed by atoms with Crippen molar-refractivity contribution in [3.63, 3.8) is 0 Å². The van der Waals surface area contributed by atoms with Gasteiger partial charge in [0.1, 0.15) is 11.5 Å². The van der Waals surface area contributed by atoms with Crippen LogP contribution in [0.5, 0.6) is 11.5 Å². The summed E-state index contributed by atoms with van der Waals surface area (Å²) in [5, 5.41) is 0. The highest BCUT2D eigenvalue weighted by Gasteiger charge is 2.21. The van der Waals surface area contributed by atoms with Crippen molar-refractivity contribution in [3.05, 3.63) is 102 Å². The van der Waals surface area contributed by atoms with E-state index in [9.17, 15) is 13.2 Å². The topological polar surface area (TPSA) is 73.5 Å². The quantitative estimate of drug-likeness (QED) is 0.461. The molecule has 4 aromatic rings. The van der Waals surface area contributed by atoms with Crippen molar-refractivity contribution in [2.75, 3.05) is 19.0 Å². The van der Waals surface area contributed by atoms with E-state index in [2.05, 4.69) is 0 Å². The van der Waals surface area contributed by atoms with Crippen molar-refractivity contribution < 1.29 is 13.2 Å². The Morgan fingerprint density at radius 3 is 2.00 bits per heavy atom. The normalized spacial score (nSPS) is 11.3. The number of rotatable bonds is 6. The van der Waals surface area contributed by atoms with Crippen LogP contribution < -0.4 is 15.3 Å². The summed E-state index contributed by atoms with van der Waals surface area (Å²) in [5.74, 6) is 1.14. The van der Waals surface area contributed by atoms with Gasteiger partial charge in [-0.3, -0.25) is 4.57 Å². The zero-order chi connectivity index (χ0) is 22.0. The number of nitrogens with zero attached hydrogens (tertiary/aromatic N) is 3. The molecule has 0 unspecified atom stereocenters. The molecule has 0 saturated carbocycles. The summed E-state index contributed by atoms with van der Waals surface area (Å²) in [6, 6.07) is 22.4. The molecule has 31 heavy (non-hydrogen) atoms. The molecule has 8 heteroatoms. The lowest BCUT2D eigenvalue weighted by Crippen LogP contribution is -2.28. The summed E-state index contributed by atoms with van der Waals surface area (Å²) in [7, 11) is -0.214. The Hall–Kier alpha value is -3.78. The fourth-order valence-electron chi connectivity index (χ4n) is 3.07. The molecule has 0 saturated heterocycles. The predicted molar refractivity (Wildman–Crippen MR) is 120 cm³/mol. The monoisotopic (exact) mass is 435 g/mol. The van der Waals surface area contributed by atoms with Gasteiger partial charge in [-0.25, -0.2) is 13.2 Å². The zero-order valence-electron chi connectivity index (χ0n) is 17.0. The van der Waals surface area contributed by atoms with Gasteiger partial charge in [-0.05, 0) is 60.7 Å². The van der Waals surface area contributed by atoms with Crippen LogP contribution in [0.25, 0.3) is 5.69 Å². The van der Waals surface area contributed by atoms with Crippen molar-refractivity contribution in [1.82, 2.24) is 8.54 Å². The second-order valence-electron chi connectivity index (χ2n) is 7.05. The molecular formula is C23H21N3O4S. The van der Waals surface area contributed by atoms with E-state index >= 15 is 0 Å². The molecule has 1 aromatic heterocycles. The molecule has 0 N–H and O–H groups in total. The van der Waals surface area contributed by atoms with E-state index in [0.29, 0.717) is 17.2 Å². The standard InChI is InChI=1S/C23H21N3O4S/c1-24(2)18-8-10-19(11-9-18)25-16-17-26(23(25)27)31(28,29)22-14-12-21(13-15-22)30-20-6-4-3-5-7-20/h3-17H,1-2H3. The average molecular weight is 436 g/mol. The number of aromatic nitrogens is 2. The molecule has 0 fully saturated rings. The number of para-hydroxylation sites is 1. The van der Waals surface area contributed by atoms with E-state index in [4.69, 9.17) is 4.74 Å². The summed E-state index contributed by atoms with van der Waals surface area (Å²) < 4.78 is 33.8. The van der Waals surface area contributed by atoms with Crippen LogP contribution in [0.1, 0.15) is 0 Å². The molecule has 3 aromatic carbocycles. The number of hydrogen-bond donors (Lipinski definition) is 0. The molecule has 1 heterocycles. The van der Waals surface area contributed by atoms with Gasteiger partial charge in [0.25, 0.3) is 10.0 Å². The van der Waals surface area contributed by atoms with Crippen molar-refractivity contribution in [1.29, 1.82) is 0 Å². The third-order valence-corrected chi connectivity index (χ3v) is 6.41. The van der Waals surface area contributed by atoms with Gasteiger partial charge in [-0.1, -0.05) is 18.2 Å². The smallest absolute Gasteiger partial charge is 0.346 e.